The number of halogens is 2. The van der Waals surface area contributed by atoms with E-state index in [9.17, 15) is 13.9 Å². The molecule has 1 heterocycles. The molecule has 3 aromatic rings. The van der Waals surface area contributed by atoms with Gasteiger partial charge in [-0.2, -0.15) is 0 Å². The molecule has 192 valence electrons. The van der Waals surface area contributed by atoms with Crippen molar-refractivity contribution in [1.82, 2.24) is 4.90 Å². The van der Waals surface area contributed by atoms with E-state index in [2.05, 4.69) is 9.80 Å². The number of hydrogen-bond acceptors (Lipinski definition) is 4. The van der Waals surface area contributed by atoms with Crippen LogP contribution in [0.5, 0.6) is 5.75 Å². The van der Waals surface area contributed by atoms with Crippen molar-refractivity contribution >= 4 is 5.69 Å². The molecule has 1 saturated heterocycles. The van der Waals surface area contributed by atoms with Crippen LogP contribution in [0.3, 0.4) is 0 Å². The summed E-state index contributed by atoms with van der Waals surface area (Å²) in [5.74, 6) is 0.289. The summed E-state index contributed by atoms with van der Waals surface area (Å²) >= 11 is 0. The molecule has 4 nitrogen and oxygen atoms in total. The fraction of sp³-hybridized carbons (Fsp3) is 0.400. The standard InChI is InChI=1S/C30H36F2N2O2/c1-22(2)36-28-14-12-27(13-15-28)33(3)19-16-30(35)17-20-34(21-18-30)29(23-4-8-25(31)9-5-23)24-6-10-26(32)11-7-24/h4-15,22,29,35H,16-21H2,1-3H3. The summed E-state index contributed by atoms with van der Waals surface area (Å²) < 4.78 is 32.9. The molecular formula is C30H36F2N2O2. The molecule has 4 rings (SSSR count). The molecule has 1 fully saturated rings. The maximum atomic E-state index is 13.6. The molecule has 0 aromatic heterocycles. The molecule has 0 atom stereocenters. The number of benzene rings is 3. The highest BCUT2D eigenvalue weighted by molar-refractivity contribution is 5.48. The van der Waals surface area contributed by atoms with Gasteiger partial charge in [0.25, 0.3) is 0 Å². The van der Waals surface area contributed by atoms with Gasteiger partial charge in [0.15, 0.2) is 0 Å². The molecule has 3 aromatic carbocycles. The van der Waals surface area contributed by atoms with E-state index in [-0.39, 0.29) is 23.8 Å². The highest BCUT2D eigenvalue weighted by atomic mass is 19.1. The van der Waals surface area contributed by atoms with Crippen LogP contribution in [0, 0.1) is 11.6 Å². The Labute approximate surface area is 213 Å². The fourth-order valence-electron chi connectivity index (χ4n) is 4.91. The molecule has 1 N–H and O–H groups in total. The first kappa shape index (κ1) is 26.1. The first-order valence-electron chi connectivity index (χ1n) is 12.7. The van der Waals surface area contributed by atoms with Gasteiger partial charge in [-0.05, 0) is 92.8 Å². The lowest BCUT2D eigenvalue weighted by atomic mass is 9.85. The van der Waals surface area contributed by atoms with Crippen molar-refractivity contribution in [3.05, 3.63) is 95.6 Å². The van der Waals surface area contributed by atoms with E-state index in [0.29, 0.717) is 32.4 Å². The van der Waals surface area contributed by atoms with Crippen molar-refractivity contribution in [2.75, 3.05) is 31.6 Å². The van der Waals surface area contributed by atoms with Crippen LogP contribution in [0.1, 0.15) is 50.3 Å². The number of nitrogens with zero attached hydrogens (tertiary/aromatic N) is 2. The SMILES string of the molecule is CC(C)Oc1ccc(N(C)CCC2(O)CCN(C(c3ccc(F)cc3)c3ccc(F)cc3)CC2)cc1. The zero-order valence-corrected chi connectivity index (χ0v) is 21.3. The van der Waals surface area contributed by atoms with E-state index < -0.39 is 5.60 Å². The number of anilines is 1. The van der Waals surface area contributed by atoms with Gasteiger partial charge in [0, 0.05) is 32.4 Å². The van der Waals surface area contributed by atoms with Gasteiger partial charge < -0.3 is 14.7 Å². The van der Waals surface area contributed by atoms with Gasteiger partial charge in [0.2, 0.25) is 0 Å². The molecule has 36 heavy (non-hydrogen) atoms. The van der Waals surface area contributed by atoms with Crippen molar-refractivity contribution in [2.45, 2.75) is 50.9 Å². The molecule has 0 spiro atoms. The Hall–Kier alpha value is -2.96. The summed E-state index contributed by atoms with van der Waals surface area (Å²) in [6.07, 6.45) is 2.08. The topological polar surface area (TPSA) is 35.9 Å². The first-order valence-corrected chi connectivity index (χ1v) is 12.7. The lowest BCUT2D eigenvalue weighted by Crippen LogP contribution is -2.47. The summed E-state index contributed by atoms with van der Waals surface area (Å²) in [5.41, 5.74) is 2.25. The van der Waals surface area contributed by atoms with Crippen molar-refractivity contribution in [3.63, 3.8) is 0 Å². The summed E-state index contributed by atoms with van der Waals surface area (Å²) in [4.78, 5) is 4.45. The van der Waals surface area contributed by atoms with Gasteiger partial charge >= 0.3 is 0 Å². The van der Waals surface area contributed by atoms with E-state index >= 15 is 0 Å². The van der Waals surface area contributed by atoms with E-state index in [0.717, 1.165) is 29.1 Å². The predicted octanol–water partition coefficient (Wildman–Crippen LogP) is 6.19. The van der Waals surface area contributed by atoms with Crippen molar-refractivity contribution in [1.29, 1.82) is 0 Å². The second-order valence-corrected chi connectivity index (χ2v) is 10.1. The summed E-state index contributed by atoms with van der Waals surface area (Å²) in [5, 5.41) is 11.4. The first-order chi connectivity index (χ1) is 17.2. The molecule has 1 aliphatic rings. The third kappa shape index (κ3) is 6.62. The van der Waals surface area contributed by atoms with Gasteiger partial charge in [-0.15, -0.1) is 0 Å². The molecular weight excluding hydrogens is 458 g/mol. The number of aliphatic hydroxyl groups is 1. The largest absolute Gasteiger partial charge is 0.491 e. The van der Waals surface area contributed by atoms with Gasteiger partial charge in [-0.1, -0.05) is 24.3 Å². The average Bonchev–Trinajstić information content (AvgIpc) is 2.86. The van der Waals surface area contributed by atoms with E-state index in [4.69, 9.17) is 4.74 Å². The number of piperidine rings is 1. The Balaban J connectivity index is 1.39. The summed E-state index contributed by atoms with van der Waals surface area (Å²) in [6.45, 7) is 6.14. The zero-order chi connectivity index (χ0) is 25.7. The van der Waals surface area contributed by atoms with Crippen LogP contribution >= 0.6 is 0 Å². The molecule has 0 unspecified atom stereocenters. The van der Waals surface area contributed by atoms with Crippen LogP contribution in [-0.4, -0.2) is 48.4 Å². The molecule has 0 amide bonds. The van der Waals surface area contributed by atoms with Crippen LogP contribution in [0.4, 0.5) is 14.5 Å². The average molecular weight is 495 g/mol. The Morgan fingerprint density at radius 1 is 0.861 bits per heavy atom. The summed E-state index contributed by atoms with van der Waals surface area (Å²) in [6, 6.07) is 20.9. The van der Waals surface area contributed by atoms with Crippen LogP contribution in [-0.2, 0) is 0 Å². The van der Waals surface area contributed by atoms with E-state index in [1.807, 2.05) is 45.2 Å². The normalized spacial score (nSPS) is 15.9. The zero-order valence-electron chi connectivity index (χ0n) is 21.3. The second kappa shape index (κ2) is 11.4. The minimum atomic E-state index is -0.748. The van der Waals surface area contributed by atoms with Gasteiger partial charge in [-0.25, -0.2) is 8.78 Å². The third-order valence-electron chi connectivity index (χ3n) is 7.03. The molecule has 1 aliphatic heterocycles. The monoisotopic (exact) mass is 494 g/mol. The Bertz CT molecular complexity index is 1050. The molecule has 0 saturated carbocycles. The van der Waals surface area contributed by atoms with Gasteiger partial charge in [-0.3, -0.25) is 4.90 Å². The van der Waals surface area contributed by atoms with Gasteiger partial charge in [0.1, 0.15) is 17.4 Å². The van der Waals surface area contributed by atoms with Crippen LogP contribution in [0.2, 0.25) is 0 Å². The quantitative estimate of drug-likeness (QED) is 0.385. The second-order valence-electron chi connectivity index (χ2n) is 10.1. The minimum absolute atomic E-state index is 0.120. The summed E-state index contributed by atoms with van der Waals surface area (Å²) in [7, 11) is 2.04. The van der Waals surface area contributed by atoms with Crippen LogP contribution in [0.25, 0.3) is 0 Å². The number of rotatable bonds is 9. The van der Waals surface area contributed by atoms with E-state index in [1.165, 1.54) is 24.3 Å². The highest BCUT2D eigenvalue weighted by Crippen LogP contribution is 2.35. The van der Waals surface area contributed by atoms with Crippen molar-refractivity contribution in [3.8, 4) is 5.75 Å². The fourth-order valence-corrected chi connectivity index (χ4v) is 4.91. The van der Waals surface area contributed by atoms with Gasteiger partial charge in [0.05, 0.1) is 17.7 Å². The predicted molar refractivity (Wildman–Crippen MR) is 140 cm³/mol. The molecule has 0 bridgehead atoms. The Morgan fingerprint density at radius 2 is 1.36 bits per heavy atom. The lowest BCUT2D eigenvalue weighted by molar-refractivity contribution is -0.0321. The Kier molecular flexibility index (Phi) is 8.27. The highest BCUT2D eigenvalue weighted by Gasteiger charge is 2.35. The maximum absolute atomic E-state index is 13.6. The minimum Gasteiger partial charge on any atom is -0.491 e. The van der Waals surface area contributed by atoms with Crippen LogP contribution in [0.15, 0.2) is 72.8 Å². The lowest BCUT2D eigenvalue weighted by Gasteiger charge is -2.42. The van der Waals surface area contributed by atoms with E-state index in [1.54, 1.807) is 24.3 Å². The van der Waals surface area contributed by atoms with Crippen LogP contribution < -0.4 is 9.64 Å². The third-order valence-corrected chi connectivity index (χ3v) is 7.03. The molecule has 0 radical (unpaired) electrons. The number of hydrogen-bond donors (Lipinski definition) is 1. The number of ether oxygens (including phenoxy) is 1. The number of likely N-dealkylation sites (tertiary alicyclic amines) is 1. The smallest absolute Gasteiger partial charge is 0.123 e. The Morgan fingerprint density at radius 3 is 1.83 bits per heavy atom. The van der Waals surface area contributed by atoms with Crippen molar-refractivity contribution in [2.24, 2.45) is 0 Å². The van der Waals surface area contributed by atoms with Crippen molar-refractivity contribution < 1.29 is 18.6 Å². The molecule has 0 aliphatic carbocycles. The maximum Gasteiger partial charge on any atom is 0.123 e. The molecule has 6 heteroatoms.